The zero-order valence-electron chi connectivity index (χ0n) is 12.8. The van der Waals surface area contributed by atoms with Crippen molar-refractivity contribution in [3.63, 3.8) is 0 Å². The zero-order valence-corrected chi connectivity index (χ0v) is 12.8. The lowest BCUT2D eigenvalue weighted by Crippen LogP contribution is -2.26. The SMILES string of the molecule is COCCNCc1cnc(N2CCCCCC2)c(C)c1. The fourth-order valence-electron chi connectivity index (χ4n) is 2.74. The molecule has 0 aliphatic carbocycles. The highest BCUT2D eigenvalue weighted by molar-refractivity contribution is 5.47. The van der Waals surface area contributed by atoms with Crippen LogP contribution in [-0.2, 0) is 11.3 Å². The van der Waals surface area contributed by atoms with Gasteiger partial charge in [0.1, 0.15) is 5.82 Å². The lowest BCUT2D eigenvalue weighted by Gasteiger charge is -2.23. The van der Waals surface area contributed by atoms with Crippen LogP contribution in [0.1, 0.15) is 36.8 Å². The molecule has 0 spiro atoms. The van der Waals surface area contributed by atoms with Gasteiger partial charge >= 0.3 is 0 Å². The summed E-state index contributed by atoms with van der Waals surface area (Å²) in [5.41, 5.74) is 2.54. The van der Waals surface area contributed by atoms with Gasteiger partial charge in [-0.15, -0.1) is 0 Å². The van der Waals surface area contributed by atoms with Gasteiger partial charge in [-0.2, -0.15) is 0 Å². The number of pyridine rings is 1. The van der Waals surface area contributed by atoms with Gasteiger partial charge in [-0.3, -0.25) is 0 Å². The second-order valence-electron chi connectivity index (χ2n) is 5.55. The number of anilines is 1. The summed E-state index contributed by atoms with van der Waals surface area (Å²) < 4.78 is 5.03. The summed E-state index contributed by atoms with van der Waals surface area (Å²) >= 11 is 0. The first-order valence-electron chi connectivity index (χ1n) is 7.71. The number of aryl methyl sites for hydroxylation is 1. The Kier molecular flexibility index (Phi) is 6.27. The second-order valence-corrected chi connectivity index (χ2v) is 5.55. The third-order valence-electron chi connectivity index (χ3n) is 3.82. The molecule has 1 aromatic heterocycles. The molecule has 112 valence electrons. The fourth-order valence-corrected chi connectivity index (χ4v) is 2.74. The van der Waals surface area contributed by atoms with E-state index in [9.17, 15) is 0 Å². The van der Waals surface area contributed by atoms with Crippen LogP contribution in [0, 0.1) is 6.92 Å². The number of hydrogen-bond acceptors (Lipinski definition) is 4. The van der Waals surface area contributed by atoms with E-state index in [0.29, 0.717) is 0 Å². The first-order valence-corrected chi connectivity index (χ1v) is 7.71. The van der Waals surface area contributed by atoms with Gasteiger partial charge < -0.3 is 15.0 Å². The molecule has 0 amide bonds. The predicted octanol–water partition coefficient (Wildman–Crippen LogP) is 2.51. The van der Waals surface area contributed by atoms with Gasteiger partial charge in [-0.1, -0.05) is 12.8 Å². The van der Waals surface area contributed by atoms with E-state index in [1.54, 1.807) is 7.11 Å². The van der Waals surface area contributed by atoms with Crippen LogP contribution in [0.3, 0.4) is 0 Å². The first-order chi connectivity index (χ1) is 9.81. The minimum absolute atomic E-state index is 0.748. The van der Waals surface area contributed by atoms with Crippen molar-refractivity contribution in [2.45, 2.75) is 39.2 Å². The van der Waals surface area contributed by atoms with Crippen molar-refractivity contribution < 1.29 is 4.74 Å². The molecular weight excluding hydrogens is 250 g/mol. The lowest BCUT2D eigenvalue weighted by molar-refractivity contribution is 0.199. The van der Waals surface area contributed by atoms with Gasteiger partial charge in [0.15, 0.2) is 0 Å². The van der Waals surface area contributed by atoms with Crippen molar-refractivity contribution in [1.82, 2.24) is 10.3 Å². The van der Waals surface area contributed by atoms with Crippen LogP contribution in [0.25, 0.3) is 0 Å². The summed E-state index contributed by atoms with van der Waals surface area (Å²) in [5, 5.41) is 3.36. The summed E-state index contributed by atoms with van der Waals surface area (Å²) in [6.45, 7) is 6.96. The highest BCUT2D eigenvalue weighted by Gasteiger charge is 2.13. The highest BCUT2D eigenvalue weighted by Crippen LogP contribution is 2.21. The molecule has 0 saturated carbocycles. The van der Waals surface area contributed by atoms with Gasteiger partial charge in [0.25, 0.3) is 0 Å². The molecule has 1 aromatic rings. The maximum atomic E-state index is 5.03. The summed E-state index contributed by atoms with van der Waals surface area (Å²) in [7, 11) is 1.73. The van der Waals surface area contributed by atoms with E-state index in [-0.39, 0.29) is 0 Å². The second kappa shape index (κ2) is 8.22. The van der Waals surface area contributed by atoms with E-state index in [1.165, 1.54) is 42.6 Å². The van der Waals surface area contributed by atoms with Gasteiger partial charge in [0, 0.05) is 39.5 Å². The van der Waals surface area contributed by atoms with Crippen molar-refractivity contribution in [3.8, 4) is 0 Å². The number of methoxy groups -OCH3 is 1. The van der Waals surface area contributed by atoms with Crippen molar-refractivity contribution >= 4 is 5.82 Å². The molecule has 0 unspecified atom stereocenters. The Morgan fingerprint density at radius 2 is 2.00 bits per heavy atom. The molecule has 1 aliphatic rings. The Bertz CT molecular complexity index is 401. The van der Waals surface area contributed by atoms with Gasteiger partial charge in [0.05, 0.1) is 6.61 Å². The maximum Gasteiger partial charge on any atom is 0.131 e. The lowest BCUT2D eigenvalue weighted by atomic mass is 10.2. The van der Waals surface area contributed by atoms with Crippen LogP contribution in [0.5, 0.6) is 0 Å². The van der Waals surface area contributed by atoms with Crippen LogP contribution >= 0.6 is 0 Å². The number of aromatic nitrogens is 1. The molecule has 0 aromatic carbocycles. The first kappa shape index (κ1) is 15.3. The van der Waals surface area contributed by atoms with Crippen LogP contribution in [0.4, 0.5) is 5.82 Å². The molecule has 20 heavy (non-hydrogen) atoms. The van der Waals surface area contributed by atoms with Crippen molar-refractivity contribution in [1.29, 1.82) is 0 Å². The molecule has 4 heteroatoms. The molecule has 4 nitrogen and oxygen atoms in total. The smallest absolute Gasteiger partial charge is 0.131 e. The van der Waals surface area contributed by atoms with Crippen molar-refractivity contribution in [2.24, 2.45) is 0 Å². The third-order valence-corrected chi connectivity index (χ3v) is 3.82. The summed E-state index contributed by atoms with van der Waals surface area (Å²) in [6.07, 6.45) is 7.31. The van der Waals surface area contributed by atoms with E-state index >= 15 is 0 Å². The van der Waals surface area contributed by atoms with E-state index in [0.717, 1.165) is 32.8 Å². The van der Waals surface area contributed by atoms with E-state index < -0.39 is 0 Å². The Morgan fingerprint density at radius 1 is 1.25 bits per heavy atom. The highest BCUT2D eigenvalue weighted by atomic mass is 16.5. The van der Waals surface area contributed by atoms with Crippen LogP contribution in [0.2, 0.25) is 0 Å². The molecule has 1 aliphatic heterocycles. The molecule has 2 rings (SSSR count). The summed E-state index contributed by atoms with van der Waals surface area (Å²) in [4.78, 5) is 7.15. The molecule has 0 bridgehead atoms. The van der Waals surface area contributed by atoms with E-state index in [1.807, 2.05) is 6.20 Å². The minimum Gasteiger partial charge on any atom is -0.383 e. The van der Waals surface area contributed by atoms with Crippen LogP contribution in [-0.4, -0.2) is 38.3 Å². The molecular formula is C16H27N3O. The molecule has 0 atom stereocenters. The number of nitrogens with one attached hydrogen (secondary N) is 1. The van der Waals surface area contributed by atoms with E-state index in [2.05, 4.69) is 23.2 Å². The van der Waals surface area contributed by atoms with Crippen molar-refractivity contribution in [3.05, 3.63) is 23.4 Å². The quantitative estimate of drug-likeness (QED) is 0.811. The Balaban J connectivity index is 1.94. The Labute approximate surface area is 122 Å². The third kappa shape index (κ3) is 4.46. The normalized spacial score (nSPS) is 16.2. The van der Waals surface area contributed by atoms with Crippen LogP contribution < -0.4 is 10.2 Å². The Morgan fingerprint density at radius 3 is 2.65 bits per heavy atom. The molecule has 1 fully saturated rings. The van der Waals surface area contributed by atoms with E-state index in [4.69, 9.17) is 9.72 Å². The number of ether oxygens (including phenoxy) is 1. The van der Waals surface area contributed by atoms with Gasteiger partial charge in [-0.05, 0) is 37.0 Å². The van der Waals surface area contributed by atoms with Crippen molar-refractivity contribution in [2.75, 3.05) is 38.3 Å². The average Bonchev–Trinajstić information content (AvgIpc) is 2.73. The fraction of sp³-hybridized carbons (Fsp3) is 0.688. The topological polar surface area (TPSA) is 37.4 Å². The number of nitrogens with zero attached hydrogens (tertiary/aromatic N) is 2. The molecule has 2 heterocycles. The molecule has 0 radical (unpaired) electrons. The number of hydrogen-bond donors (Lipinski definition) is 1. The number of rotatable bonds is 6. The van der Waals surface area contributed by atoms with Gasteiger partial charge in [0.2, 0.25) is 0 Å². The van der Waals surface area contributed by atoms with Gasteiger partial charge in [-0.25, -0.2) is 4.98 Å². The molecule has 1 N–H and O–H groups in total. The predicted molar refractivity (Wildman–Crippen MR) is 83.2 cm³/mol. The summed E-state index contributed by atoms with van der Waals surface area (Å²) in [5.74, 6) is 1.17. The largest absolute Gasteiger partial charge is 0.383 e. The maximum absolute atomic E-state index is 5.03. The molecule has 1 saturated heterocycles. The van der Waals surface area contributed by atoms with Crippen LogP contribution in [0.15, 0.2) is 12.3 Å². The Hall–Kier alpha value is -1.13. The minimum atomic E-state index is 0.748. The monoisotopic (exact) mass is 277 g/mol. The zero-order chi connectivity index (χ0) is 14.2. The average molecular weight is 277 g/mol. The standard InChI is InChI=1S/C16H27N3O/c1-14-11-15(12-17-7-10-20-2)13-18-16(14)19-8-5-3-4-6-9-19/h11,13,17H,3-10,12H2,1-2H3. The summed E-state index contributed by atoms with van der Waals surface area (Å²) in [6, 6.07) is 2.26.